The summed E-state index contributed by atoms with van der Waals surface area (Å²) < 4.78 is 31.0. The highest BCUT2D eigenvalue weighted by Crippen LogP contribution is 2.17. The Kier molecular flexibility index (Phi) is 5.47. The Morgan fingerprint density at radius 2 is 2.04 bits per heavy atom. The standard InChI is InChI=1S/C16H12F2N2O3/c17-12-4-5-14(13(18)9-12)23-8-2-1-7-19-16(22)11-3-6-15(21)20-10-11/h3-6,9-10H,7-8H2,(H,19,22)(H,20,21). The molecule has 0 fully saturated rings. The van der Waals surface area contributed by atoms with Gasteiger partial charge in [-0.2, -0.15) is 0 Å². The molecule has 2 rings (SSSR count). The van der Waals surface area contributed by atoms with E-state index < -0.39 is 11.6 Å². The lowest BCUT2D eigenvalue weighted by atomic mass is 10.3. The van der Waals surface area contributed by atoms with Crippen molar-refractivity contribution in [1.82, 2.24) is 10.3 Å². The van der Waals surface area contributed by atoms with E-state index in [9.17, 15) is 18.4 Å². The molecule has 2 aromatic rings. The summed E-state index contributed by atoms with van der Waals surface area (Å²) in [6.07, 6.45) is 1.30. The van der Waals surface area contributed by atoms with E-state index in [1.807, 2.05) is 0 Å². The van der Waals surface area contributed by atoms with Gasteiger partial charge in [-0.05, 0) is 18.2 Å². The average Bonchev–Trinajstić information content (AvgIpc) is 2.53. The number of hydrogen-bond acceptors (Lipinski definition) is 3. The number of halogens is 2. The molecule has 118 valence electrons. The fourth-order valence-electron chi connectivity index (χ4n) is 1.60. The first kappa shape index (κ1) is 16.2. The van der Waals surface area contributed by atoms with Gasteiger partial charge in [0, 0.05) is 18.3 Å². The number of hydrogen-bond donors (Lipinski definition) is 2. The summed E-state index contributed by atoms with van der Waals surface area (Å²) >= 11 is 0. The number of aromatic amines is 1. The lowest BCUT2D eigenvalue weighted by Gasteiger charge is -2.03. The van der Waals surface area contributed by atoms with Crippen LogP contribution in [0.5, 0.6) is 5.75 Å². The third kappa shape index (κ3) is 4.97. The molecule has 0 aliphatic carbocycles. The Balaban J connectivity index is 1.76. The summed E-state index contributed by atoms with van der Waals surface area (Å²) in [6, 6.07) is 5.60. The Bertz CT molecular complexity index is 802. The number of H-pyrrole nitrogens is 1. The van der Waals surface area contributed by atoms with E-state index in [4.69, 9.17) is 4.74 Å². The molecular formula is C16H12F2N2O3. The third-order valence-corrected chi connectivity index (χ3v) is 2.70. The van der Waals surface area contributed by atoms with Crippen LogP contribution in [0.3, 0.4) is 0 Å². The third-order valence-electron chi connectivity index (χ3n) is 2.70. The van der Waals surface area contributed by atoms with Crippen molar-refractivity contribution in [2.24, 2.45) is 0 Å². The maximum Gasteiger partial charge on any atom is 0.253 e. The van der Waals surface area contributed by atoms with E-state index in [0.29, 0.717) is 11.6 Å². The zero-order valence-electron chi connectivity index (χ0n) is 11.9. The molecular weight excluding hydrogens is 306 g/mol. The van der Waals surface area contributed by atoms with E-state index >= 15 is 0 Å². The van der Waals surface area contributed by atoms with Crippen LogP contribution in [0.15, 0.2) is 41.3 Å². The first-order chi connectivity index (χ1) is 11.1. The second kappa shape index (κ2) is 7.75. The summed E-state index contributed by atoms with van der Waals surface area (Å²) in [6.45, 7) is -0.0374. The molecule has 1 amide bonds. The molecule has 0 saturated carbocycles. The van der Waals surface area contributed by atoms with Crippen LogP contribution >= 0.6 is 0 Å². The molecule has 0 aliphatic heterocycles. The van der Waals surface area contributed by atoms with E-state index in [2.05, 4.69) is 22.1 Å². The number of amides is 1. The van der Waals surface area contributed by atoms with Gasteiger partial charge in [0.25, 0.3) is 5.91 Å². The fraction of sp³-hybridized carbons (Fsp3) is 0.125. The van der Waals surface area contributed by atoms with Gasteiger partial charge >= 0.3 is 0 Å². The topological polar surface area (TPSA) is 71.2 Å². The van der Waals surface area contributed by atoms with E-state index in [1.165, 1.54) is 24.4 Å². The largest absolute Gasteiger partial charge is 0.478 e. The molecule has 0 bridgehead atoms. The SMILES string of the molecule is O=C(NCC#CCOc1ccc(F)cc1F)c1ccc(=O)[nH]c1. The second-order valence-corrected chi connectivity index (χ2v) is 4.34. The maximum atomic E-state index is 13.3. The predicted octanol–water partition coefficient (Wildman–Crippen LogP) is 1.47. The summed E-state index contributed by atoms with van der Waals surface area (Å²) in [7, 11) is 0. The van der Waals surface area contributed by atoms with Crippen molar-refractivity contribution in [1.29, 1.82) is 0 Å². The number of pyridine rings is 1. The number of carbonyl (C=O) groups excluding carboxylic acids is 1. The highest BCUT2D eigenvalue weighted by molar-refractivity contribution is 5.93. The molecule has 23 heavy (non-hydrogen) atoms. The zero-order valence-corrected chi connectivity index (χ0v) is 11.9. The minimum Gasteiger partial charge on any atom is -0.478 e. The van der Waals surface area contributed by atoms with Crippen LogP contribution in [-0.4, -0.2) is 24.0 Å². The summed E-state index contributed by atoms with van der Waals surface area (Å²) in [5.74, 6) is 3.23. The van der Waals surface area contributed by atoms with Crippen molar-refractivity contribution < 1.29 is 18.3 Å². The Morgan fingerprint density at radius 1 is 1.22 bits per heavy atom. The molecule has 1 aromatic heterocycles. The monoisotopic (exact) mass is 318 g/mol. The Labute approximate surface area is 130 Å². The maximum absolute atomic E-state index is 13.3. The minimum atomic E-state index is -0.807. The van der Waals surface area contributed by atoms with Crippen LogP contribution in [-0.2, 0) is 0 Å². The number of nitrogens with one attached hydrogen (secondary N) is 2. The Morgan fingerprint density at radius 3 is 2.74 bits per heavy atom. The molecule has 0 aliphatic rings. The second-order valence-electron chi connectivity index (χ2n) is 4.34. The van der Waals surface area contributed by atoms with Gasteiger partial charge < -0.3 is 15.0 Å². The smallest absolute Gasteiger partial charge is 0.253 e. The number of aromatic nitrogens is 1. The lowest BCUT2D eigenvalue weighted by molar-refractivity contribution is 0.0958. The first-order valence-electron chi connectivity index (χ1n) is 6.57. The number of benzene rings is 1. The van der Waals surface area contributed by atoms with Crippen molar-refractivity contribution >= 4 is 5.91 Å². The van der Waals surface area contributed by atoms with Gasteiger partial charge in [0.05, 0.1) is 12.1 Å². The van der Waals surface area contributed by atoms with Crippen LogP contribution in [0, 0.1) is 23.5 Å². The van der Waals surface area contributed by atoms with Gasteiger partial charge in [-0.25, -0.2) is 8.78 Å². The quantitative estimate of drug-likeness (QED) is 0.839. The molecule has 2 N–H and O–H groups in total. The van der Waals surface area contributed by atoms with Crippen LogP contribution in [0.4, 0.5) is 8.78 Å². The molecule has 0 radical (unpaired) electrons. The number of rotatable bonds is 4. The van der Waals surface area contributed by atoms with Crippen molar-refractivity contribution in [2.75, 3.05) is 13.2 Å². The molecule has 0 saturated heterocycles. The van der Waals surface area contributed by atoms with Crippen molar-refractivity contribution in [3.63, 3.8) is 0 Å². The van der Waals surface area contributed by atoms with Gasteiger partial charge in [-0.1, -0.05) is 11.8 Å². The van der Waals surface area contributed by atoms with Gasteiger partial charge in [-0.3, -0.25) is 9.59 Å². The van der Waals surface area contributed by atoms with Crippen molar-refractivity contribution in [3.8, 4) is 17.6 Å². The van der Waals surface area contributed by atoms with Crippen LogP contribution in [0.2, 0.25) is 0 Å². The average molecular weight is 318 g/mol. The van der Waals surface area contributed by atoms with Crippen LogP contribution < -0.4 is 15.6 Å². The zero-order chi connectivity index (χ0) is 16.7. The Hall–Kier alpha value is -3.14. The van der Waals surface area contributed by atoms with Crippen molar-refractivity contribution in [3.05, 3.63) is 64.1 Å². The van der Waals surface area contributed by atoms with Crippen LogP contribution in [0.25, 0.3) is 0 Å². The highest BCUT2D eigenvalue weighted by atomic mass is 19.1. The molecule has 1 heterocycles. The predicted molar refractivity (Wildman–Crippen MR) is 79.0 cm³/mol. The highest BCUT2D eigenvalue weighted by Gasteiger charge is 2.04. The van der Waals surface area contributed by atoms with Gasteiger partial charge in [0.15, 0.2) is 11.6 Å². The van der Waals surface area contributed by atoms with Gasteiger partial charge in [0.2, 0.25) is 5.56 Å². The van der Waals surface area contributed by atoms with Gasteiger partial charge in [-0.15, -0.1) is 0 Å². The normalized spacial score (nSPS) is 9.65. The van der Waals surface area contributed by atoms with E-state index in [-0.39, 0.29) is 30.4 Å². The van der Waals surface area contributed by atoms with Crippen molar-refractivity contribution in [2.45, 2.75) is 0 Å². The minimum absolute atomic E-state index is 0.0627. The molecule has 5 nitrogen and oxygen atoms in total. The van der Waals surface area contributed by atoms with E-state index in [1.54, 1.807) is 0 Å². The van der Waals surface area contributed by atoms with Gasteiger partial charge in [0.1, 0.15) is 12.4 Å². The van der Waals surface area contributed by atoms with Crippen LogP contribution in [0.1, 0.15) is 10.4 Å². The molecule has 7 heteroatoms. The molecule has 1 aromatic carbocycles. The summed E-state index contributed by atoms with van der Waals surface area (Å²) in [5.41, 5.74) is 0.00236. The number of ether oxygens (including phenoxy) is 1. The summed E-state index contributed by atoms with van der Waals surface area (Å²) in [5, 5.41) is 2.52. The van der Waals surface area contributed by atoms with E-state index in [0.717, 1.165) is 6.07 Å². The first-order valence-corrected chi connectivity index (χ1v) is 6.57. The molecule has 0 unspecified atom stereocenters. The molecule has 0 atom stereocenters. The summed E-state index contributed by atoms with van der Waals surface area (Å²) in [4.78, 5) is 24.9. The number of carbonyl (C=O) groups is 1. The fourth-order valence-corrected chi connectivity index (χ4v) is 1.60. The lowest BCUT2D eigenvalue weighted by Crippen LogP contribution is -2.24. The molecule has 0 spiro atoms.